The van der Waals surface area contributed by atoms with E-state index in [1.807, 2.05) is 25.1 Å². The molecule has 1 aromatic rings. The van der Waals surface area contributed by atoms with E-state index < -0.39 is 0 Å². The monoisotopic (exact) mass is 368 g/mol. The first-order valence-corrected chi connectivity index (χ1v) is 10.6. The maximum absolute atomic E-state index is 12.9. The van der Waals surface area contributed by atoms with Crippen LogP contribution in [0.15, 0.2) is 18.2 Å². The van der Waals surface area contributed by atoms with E-state index in [0.29, 0.717) is 19.4 Å². The van der Waals surface area contributed by atoms with E-state index in [1.54, 1.807) is 0 Å². The number of aryl methyl sites for hydroxylation is 2. The molecule has 0 radical (unpaired) electrons. The predicted molar refractivity (Wildman–Crippen MR) is 107 cm³/mol. The highest BCUT2D eigenvalue weighted by molar-refractivity contribution is 5.90. The molecule has 0 heterocycles. The molecule has 2 N–H and O–H groups in total. The number of benzene rings is 1. The molecule has 2 amide bonds. The lowest BCUT2D eigenvalue weighted by Gasteiger charge is -2.55. The molecule has 0 saturated heterocycles. The first kappa shape index (κ1) is 18.5. The number of hydrogen-bond acceptors (Lipinski definition) is 2. The number of nitrogens with one attached hydrogen (secondary N) is 2. The topological polar surface area (TPSA) is 58.2 Å². The third-order valence-electron chi connectivity index (χ3n) is 7.18. The van der Waals surface area contributed by atoms with Crippen LogP contribution >= 0.6 is 0 Å². The third kappa shape index (κ3) is 3.90. The maximum Gasteiger partial charge on any atom is 0.226 e. The van der Waals surface area contributed by atoms with Gasteiger partial charge >= 0.3 is 0 Å². The Labute approximate surface area is 162 Å². The second-order valence-electron chi connectivity index (χ2n) is 9.40. The number of anilines is 1. The lowest BCUT2D eigenvalue weighted by molar-refractivity contribution is -0.146. The number of rotatable bonds is 6. The molecule has 4 aliphatic carbocycles. The van der Waals surface area contributed by atoms with E-state index in [2.05, 4.69) is 17.6 Å². The summed E-state index contributed by atoms with van der Waals surface area (Å²) in [5, 5.41) is 6.11. The molecule has 4 fully saturated rings. The van der Waals surface area contributed by atoms with Crippen LogP contribution in [0.2, 0.25) is 0 Å². The Kier molecular flexibility index (Phi) is 5.00. The summed E-state index contributed by atoms with van der Waals surface area (Å²) < 4.78 is 0. The van der Waals surface area contributed by atoms with Gasteiger partial charge in [0.1, 0.15) is 0 Å². The Bertz CT molecular complexity index is 705. The Morgan fingerprint density at radius 3 is 2.22 bits per heavy atom. The average Bonchev–Trinajstić information content (AvgIpc) is 2.60. The molecule has 4 heteroatoms. The van der Waals surface area contributed by atoms with Crippen molar-refractivity contribution in [1.82, 2.24) is 5.32 Å². The highest BCUT2D eigenvalue weighted by Crippen LogP contribution is 2.60. The van der Waals surface area contributed by atoms with Crippen molar-refractivity contribution >= 4 is 17.5 Å². The van der Waals surface area contributed by atoms with Gasteiger partial charge < -0.3 is 10.6 Å². The quantitative estimate of drug-likeness (QED) is 0.733. The van der Waals surface area contributed by atoms with E-state index in [-0.39, 0.29) is 17.2 Å². The van der Waals surface area contributed by atoms with Gasteiger partial charge in [-0.25, -0.2) is 0 Å². The van der Waals surface area contributed by atoms with Crippen LogP contribution in [-0.2, 0) is 9.59 Å². The van der Waals surface area contributed by atoms with Gasteiger partial charge in [0, 0.05) is 24.1 Å². The summed E-state index contributed by atoms with van der Waals surface area (Å²) in [6.07, 6.45) is 8.47. The molecule has 4 nitrogen and oxygen atoms in total. The van der Waals surface area contributed by atoms with Gasteiger partial charge in [-0.2, -0.15) is 0 Å². The van der Waals surface area contributed by atoms with Crippen molar-refractivity contribution in [3.63, 3.8) is 0 Å². The van der Waals surface area contributed by atoms with E-state index in [1.165, 1.54) is 30.4 Å². The average molecular weight is 369 g/mol. The Hall–Kier alpha value is -1.84. The van der Waals surface area contributed by atoms with E-state index >= 15 is 0 Å². The van der Waals surface area contributed by atoms with Crippen molar-refractivity contribution in [2.75, 3.05) is 11.9 Å². The SMILES string of the molecule is Cc1ccc(NC(=O)CCCNC(=O)C23CC4CC(CC(C4)C2)C3)cc1C. The summed E-state index contributed by atoms with van der Waals surface area (Å²) in [7, 11) is 0. The number of amides is 2. The molecular weight excluding hydrogens is 336 g/mol. The summed E-state index contributed by atoms with van der Waals surface area (Å²) in [4.78, 5) is 25.0. The van der Waals surface area contributed by atoms with Crippen molar-refractivity contribution < 1.29 is 9.59 Å². The van der Waals surface area contributed by atoms with Gasteiger partial charge in [-0.15, -0.1) is 0 Å². The van der Waals surface area contributed by atoms with E-state index in [4.69, 9.17) is 0 Å². The summed E-state index contributed by atoms with van der Waals surface area (Å²) in [5.41, 5.74) is 3.16. The van der Waals surface area contributed by atoms with Crippen LogP contribution in [0.25, 0.3) is 0 Å². The minimum atomic E-state index is -0.0869. The summed E-state index contributed by atoms with van der Waals surface area (Å²) in [5.74, 6) is 2.63. The third-order valence-corrected chi connectivity index (χ3v) is 7.18. The van der Waals surface area contributed by atoms with Crippen molar-refractivity contribution in [3.05, 3.63) is 29.3 Å². The molecule has 5 rings (SSSR count). The molecule has 0 unspecified atom stereocenters. The zero-order valence-electron chi connectivity index (χ0n) is 16.6. The van der Waals surface area contributed by atoms with Crippen LogP contribution < -0.4 is 10.6 Å². The normalized spacial score (nSPS) is 31.0. The Balaban J connectivity index is 1.21. The fourth-order valence-electron chi connectivity index (χ4n) is 6.07. The summed E-state index contributed by atoms with van der Waals surface area (Å²) >= 11 is 0. The maximum atomic E-state index is 12.9. The van der Waals surface area contributed by atoms with Gasteiger partial charge in [-0.05, 0) is 99.8 Å². The number of carbonyl (C=O) groups is 2. The molecule has 4 saturated carbocycles. The fraction of sp³-hybridized carbons (Fsp3) is 0.652. The standard InChI is InChI=1S/C23H32N2O2/c1-15-5-6-20(8-16(15)2)25-21(26)4-3-7-24-22(27)23-12-17-9-18(13-23)11-19(10-17)14-23/h5-6,8,17-19H,3-4,7,9-14H2,1-2H3,(H,24,27)(H,25,26). The van der Waals surface area contributed by atoms with Gasteiger partial charge in [0.25, 0.3) is 0 Å². The van der Waals surface area contributed by atoms with Crippen molar-refractivity contribution in [2.45, 2.75) is 65.2 Å². The van der Waals surface area contributed by atoms with Gasteiger partial charge in [-0.1, -0.05) is 6.07 Å². The van der Waals surface area contributed by atoms with E-state index in [0.717, 1.165) is 42.7 Å². The lowest BCUT2D eigenvalue weighted by Crippen LogP contribution is -2.53. The second kappa shape index (κ2) is 7.29. The molecule has 4 aliphatic rings. The minimum absolute atomic E-state index is 0.0160. The van der Waals surface area contributed by atoms with Crippen molar-refractivity contribution in [1.29, 1.82) is 0 Å². The molecule has 1 aromatic carbocycles. The van der Waals surface area contributed by atoms with Crippen LogP contribution in [0.1, 0.15) is 62.5 Å². The smallest absolute Gasteiger partial charge is 0.226 e. The van der Waals surface area contributed by atoms with Crippen LogP contribution in [-0.4, -0.2) is 18.4 Å². The molecule has 0 aliphatic heterocycles. The lowest BCUT2D eigenvalue weighted by atomic mass is 9.49. The highest BCUT2D eigenvalue weighted by atomic mass is 16.2. The van der Waals surface area contributed by atoms with Gasteiger partial charge in [0.2, 0.25) is 11.8 Å². The zero-order valence-corrected chi connectivity index (χ0v) is 16.6. The molecule has 0 spiro atoms. The Morgan fingerprint density at radius 2 is 1.63 bits per heavy atom. The van der Waals surface area contributed by atoms with Crippen LogP contribution in [0.5, 0.6) is 0 Å². The van der Waals surface area contributed by atoms with Gasteiger partial charge in [-0.3, -0.25) is 9.59 Å². The first-order chi connectivity index (χ1) is 12.9. The summed E-state index contributed by atoms with van der Waals surface area (Å²) in [6.45, 7) is 4.71. The van der Waals surface area contributed by atoms with Crippen molar-refractivity contribution in [2.24, 2.45) is 23.2 Å². The van der Waals surface area contributed by atoms with Gasteiger partial charge in [0.05, 0.1) is 0 Å². The van der Waals surface area contributed by atoms with E-state index in [9.17, 15) is 9.59 Å². The summed E-state index contributed by atoms with van der Waals surface area (Å²) in [6, 6.07) is 5.97. The molecule has 0 atom stereocenters. The van der Waals surface area contributed by atoms with Crippen molar-refractivity contribution in [3.8, 4) is 0 Å². The molecule has 146 valence electrons. The number of carbonyl (C=O) groups excluding carboxylic acids is 2. The molecule has 0 aromatic heterocycles. The molecule has 4 bridgehead atoms. The predicted octanol–water partition coefficient (Wildman–Crippen LogP) is 4.35. The van der Waals surface area contributed by atoms with Gasteiger partial charge in [0.15, 0.2) is 0 Å². The zero-order chi connectivity index (χ0) is 19.0. The van der Waals surface area contributed by atoms with Crippen LogP contribution in [0, 0.1) is 37.0 Å². The Morgan fingerprint density at radius 1 is 1.00 bits per heavy atom. The molecular formula is C23H32N2O2. The second-order valence-corrected chi connectivity index (χ2v) is 9.40. The largest absolute Gasteiger partial charge is 0.356 e. The highest BCUT2D eigenvalue weighted by Gasteiger charge is 2.54. The van der Waals surface area contributed by atoms with Crippen LogP contribution in [0.3, 0.4) is 0 Å². The van der Waals surface area contributed by atoms with Crippen LogP contribution in [0.4, 0.5) is 5.69 Å². The number of hydrogen-bond donors (Lipinski definition) is 2. The molecule has 27 heavy (non-hydrogen) atoms. The first-order valence-electron chi connectivity index (χ1n) is 10.6. The minimum Gasteiger partial charge on any atom is -0.356 e. The fourth-order valence-corrected chi connectivity index (χ4v) is 6.07.